The number of nitrogens with two attached hydrogens (primary N) is 1. The van der Waals surface area contributed by atoms with Crippen LogP contribution in [0, 0.1) is 0 Å². The molecule has 0 aliphatic carbocycles. The lowest BCUT2D eigenvalue weighted by Crippen LogP contribution is -2.25. The van der Waals surface area contributed by atoms with Crippen molar-refractivity contribution in [3.8, 4) is 17.2 Å². The van der Waals surface area contributed by atoms with E-state index < -0.39 is 22.7 Å². The van der Waals surface area contributed by atoms with E-state index >= 15 is 0 Å². The number of alkyl halides is 3. The van der Waals surface area contributed by atoms with Gasteiger partial charge in [0.05, 0.1) is 38.0 Å². The number of sulfonamides is 1. The second kappa shape index (κ2) is 10.0. The summed E-state index contributed by atoms with van der Waals surface area (Å²) in [6.45, 7) is -0.104. The first kappa shape index (κ1) is 24.2. The lowest BCUT2D eigenvalue weighted by atomic mass is 10.2. The number of nitrogens with zero attached hydrogens (tertiary/aromatic N) is 2. The molecule has 2 aromatic carbocycles. The van der Waals surface area contributed by atoms with Gasteiger partial charge < -0.3 is 20.5 Å². The van der Waals surface area contributed by atoms with Gasteiger partial charge in [0.15, 0.2) is 0 Å². The van der Waals surface area contributed by atoms with E-state index in [4.69, 9.17) is 15.2 Å². The van der Waals surface area contributed by atoms with Crippen LogP contribution >= 0.6 is 0 Å². The topological polar surface area (TPSA) is 120 Å². The maximum atomic E-state index is 13.3. The van der Waals surface area contributed by atoms with Gasteiger partial charge in [-0.1, -0.05) is 6.07 Å². The molecule has 0 saturated heterocycles. The lowest BCUT2D eigenvalue weighted by Gasteiger charge is -2.14. The van der Waals surface area contributed by atoms with E-state index in [-0.39, 0.29) is 28.5 Å². The quantitative estimate of drug-likeness (QED) is 0.298. The van der Waals surface area contributed by atoms with Crippen LogP contribution in [0.5, 0.6) is 11.5 Å². The largest absolute Gasteiger partial charge is 0.497 e. The molecule has 178 valence electrons. The second-order valence-corrected chi connectivity index (χ2v) is 8.52. The van der Waals surface area contributed by atoms with Gasteiger partial charge in [0.1, 0.15) is 16.4 Å². The van der Waals surface area contributed by atoms with Gasteiger partial charge in [-0.15, -0.1) is 0 Å². The summed E-state index contributed by atoms with van der Waals surface area (Å²) in [5, 5.41) is 5.90. The van der Waals surface area contributed by atoms with Crippen molar-refractivity contribution in [3.63, 3.8) is 0 Å². The van der Waals surface area contributed by atoms with E-state index in [2.05, 4.69) is 9.82 Å². The van der Waals surface area contributed by atoms with Crippen LogP contribution in [0.2, 0.25) is 0 Å². The average molecular weight is 485 g/mol. The predicted molar refractivity (Wildman–Crippen MR) is 116 cm³/mol. The molecule has 0 amide bonds. The van der Waals surface area contributed by atoms with Crippen molar-refractivity contribution in [2.75, 3.05) is 25.3 Å². The van der Waals surface area contributed by atoms with Crippen LogP contribution in [-0.2, 0) is 16.6 Å². The van der Waals surface area contributed by atoms with Crippen molar-refractivity contribution in [3.05, 3.63) is 54.4 Å². The maximum absolute atomic E-state index is 13.3. The lowest BCUT2D eigenvalue weighted by molar-refractivity contribution is 0.0651. The fourth-order valence-corrected chi connectivity index (χ4v) is 4.16. The first-order chi connectivity index (χ1) is 15.6. The van der Waals surface area contributed by atoms with Crippen LogP contribution in [0.1, 0.15) is 5.56 Å². The summed E-state index contributed by atoms with van der Waals surface area (Å²) in [7, 11) is -1.18. The monoisotopic (exact) mass is 485 g/mol. The first-order valence-electron chi connectivity index (χ1n) is 9.48. The molecular formula is C20H22F3N5O4S. The normalized spacial score (nSPS) is 12.5. The van der Waals surface area contributed by atoms with Crippen molar-refractivity contribution in [1.82, 2.24) is 14.5 Å². The highest BCUT2D eigenvalue weighted by Crippen LogP contribution is 2.27. The number of rotatable bonds is 10. The van der Waals surface area contributed by atoms with Crippen molar-refractivity contribution in [2.24, 2.45) is 0 Å². The molecule has 33 heavy (non-hydrogen) atoms. The third-order valence-corrected chi connectivity index (χ3v) is 6.01. The number of anilines is 2. The van der Waals surface area contributed by atoms with E-state index in [9.17, 15) is 21.6 Å². The van der Waals surface area contributed by atoms with Gasteiger partial charge in [-0.05, 0) is 24.3 Å². The van der Waals surface area contributed by atoms with E-state index in [0.29, 0.717) is 17.1 Å². The predicted octanol–water partition coefficient (Wildman–Crippen LogP) is 2.92. The molecule has 13 heteroatoms. The van der Waals surface area contributed by atoms with E-state index in [1.807, 2.05) is 5.32 Å². The molecule has 0 aliphatic heterocycles. The summed E-state index contributed by atoms with van der Waals surface area (Å²) in [5.41, 5.74) is 6.54. The number of benzene rings is 2. The van der Waals surface area contributed by atoms with Gasteiger partial charge in [-0.3, -0.25) is 0 Å². The van der Waals surface area contributed by atoms with Gasteiger partial charge in [-0.2, -0.15) is 5.10 Å². The molecule has 0 fully saturated rings. The van der Waals surface area contributed by atoms with Crippen molar-refractivity contribution in [1.29, 1.82) is 0 Å². The number of aromatic nitrogens is 2. The molecule has 4 N–H and O–H groups in total. The summed E-state index contributed by atoms with van der Waals surface area (Å²) in [4.78, 5) is -0.213. The minimum atomic E-state index is -4.12. The maximum Gasteiger partial charge on any atom is 0.287 e. The molecule has 0 radical (unpaired) electrons. The van der Waals surface area contributed by atoms with Crippen LogP contribution < -0.4 is 25.2 Å². The van der Waals surface area contributed by atoms with Crippen molar-refractivity contribution in [2.45, 2.75) is 24.2 Å². The molecule has 3 rings (SSSR count). The summed E-state index contributed by atoms with van der Waals surface area (Å²) in [6, 6.07) is 9.01. The highest BCUT2D eigenvalue weighted by molar-refractivity contribution is 7.89. The van der Waals surface area contributed by atoms with E-state index in [1.54, 1.807) is 18.2 Å². The van der Waals surface area contributed by atoms with Gasteiger partial charge in [0.2, 0.25) is 16.3 Å². The van der Waals surface area contributed by atoms with E-state index in [1.165, 1.54) is 38.6 Å². The fraction of sp³-hybridized carbons (Fsp3) is 0.250. The Kier molecular flexibility index (Phi) is 7.33. The number of hydrogen-bond donors (Lipinski definition) is 3. The molecule has 0 saturated carbocycles. The van der Waals surface area contributed by atoms with Crippen molar-refractivity contribution < 1.29 is 31.1 Å². The number of nitrogens with one attached hydrogen (secondary N) is 2. The van der Waals surface area contributed by atoms with Gasteiger partial charge in [-0.25, -0.2) is 31.0 Å². The highest BCUT2D eigenvalue weighted by Gasteiger charge is 2.23. The molecule has 0 spiro atoms. The minimum Gasteiger partial charge on any atom is -0.497 e. The Hall–Kier alpha value is -3.45. The van der Waals surface area contributed by atoms with Gasteiger partial charge in [0.25, 0.3) is 6.43 Å². The van der Waals surface area contributed by atoms with Gasteiger partial charge in [0, 0.05) is 23.9 Å². The highest BCUT2D eigenvalue weighted by atomic mass is 32.2. The Morgan fingerprint density at radius 3 is 2.55 bits per heavy atom. The Morgan fingerprint density at radius 1 is 1.12 bits per heavy atom. The third kappa shape index (κ3) is 5.68. The SMILES string of the molecule is COc1ccc(CNS(=O)(=O)c2cc(N)ccc2-n2cc(NC(F)C(F)F)cn2)c(OC)c1. The molecule has 1 unspecified atom stereocenters. The molecule has 1 heterocycles. The van der Waals surface area contributed by atoms with Gasteiger partial charge >= 0.3 is 0 Å². The molecule has 0 aliphatic rings. The Morgan fingerprint density at radius 2 is 1.88 bits per heavy atom. The van der Waals surface area contributed by atoms with Crippen LogP contribution in [0.25, 0.3) is 5.69 Å². The zero-order valence-corrected chi connectivity index (χ0v) is 18.4. The smallest absolute Gasteiger partial charge is 0.287 e. The first-order valence-corrected chi connectivity index (χ1v) is 11.0. The summed E-state index contributed by atoms with van der Waals surface area (Å²) >= 11 is 0. The van der Waals surface area contributed by atoms with Crippen molar-refractivity contribution >= 4 is 21.4 Å². The van der Waals surface area contributed by atoms with Crippen LogP contribution in [-0.4, -0.2) is 45.1 Å². The van der Waals surface area contributed by atoms with Crippen LogP contribution in [0.4, 0.5) is 24.5 Å². The van der Waals surface area contributed by atoms with E-state index in [0.717, 1.165) is 10.9 Å². The third-order valence-electron chi connectivity index (χ3n) is 4.58. The summed E-state index contributed by atoms with van der Waals surface area (Å²) < 4.78 is 78.4. The van der Waals surface area contributed by atoms with Crippen LogP contribution in [0.15, 0.2) is 53.7 Å². The summed E-state index contributed by atoms with van der Waals surface area (Å²) in [5.74, 6) is 0.967. The Balaban J connectivity index is 1.89. The fourth-order valence-electron chi connectivity index (χ4n) is 2.93. The molecule has 1 atom stereocenters. The Bertz CT molecular complexity index is 1220. The average Bonchev–Trinajstić information content (AvgIpc) is 3.25. The number of nitrogen functional groups attached to an aromatic ring is 1. The van der Waals surface area contributed by atoms with Crippen LogP contribution in [0.3, 0.4) is 0 Å². The summed E-state index contributed by atoms with van der Waals surface area (Å²) in [6.07, 6.45) is -3.55. The molecule has 1 aromatic heterocycles. The number of halogens is 3. The zero-order chi connectivity index (χ0) is 24.2. The molecular weight excluding hydrogens is 463 g/mol. The standard InChI is InChI=1S/C20H22F3N5O4S/c1-31-15-5-3-12(17(8-15)32-2)9-26-33(29,30)18-7-13(24)4-6-16(18)28-11-14(10-25-28)27-20(23)19(21)22/h3-8,10-11,19-20,26-27H,9,24H2,1-2H3. The number of hydrogen-bond acceptors (Lipinski definition) is 7. The second-order valence-electron chi connectivity index (χ2n) is 6.78. The zero-order valence-electron chi connectivity index (χ0n) is 17.6. The number of ether oxygens (including phenoxy) is 2. The molecule has 9 nitrogen and oxygen atoms in total. The number of methoxy groups -OCH3 is 2. The molecule has 0 bridgehead atoms. The molecule has 3 aromatic rings. The minimum absolute atomic E-state index is 0.0566. The Labute approximate surface area is 188 Å².